The number of fused-ring (bicyclic) bond motifs is 1. The van der Waals surface area contributed by atoms with E-state index >= 15 is 0 Å². The number of imidazole rings is 1. The van der Waals surface area contributed by atoms with Crippen molar-refractivity contribution in [3.63, 3.8) is 0 Å². The van der Waals surface area contributed by atoms with Gasteiger partial charge in [0.05, 0.1) is 27.3 Å². The second-order valence-corrected chi connectivity index (χ2v) is 10.6. The fourth-order valence-corrected chi connectivity index (χ4v) is 4.81. The molecule has 0 aliphatic carbocycles. The maximum absolute atomic E-state index is 13.1. The van der Waals surface area contributed by atoms with Gasteiger partial charge in [0.15, 0.2) is 0 Å². The van der Waals surface area contributed by atoms with Gasteiger partial charge in [-0.25, -0.2) is 13.4 Å². The monoisotopic (exact) mass is 453 g/mol. The molecule has 0 fully saturated rings. The van der Waals surface area contributed by atoms with Gasteiger partial charge in [-0.05, 0) is 60.4 Å². The molecule has 4 rings (SSSR count). The number of hydrogen-bond donors (Lipinski definition) is 1. The first-order valence-corrected chi connectivity index (χ1v) is 11.8. The van der Waals surface area contributed by atoms with Crippen LogP contribution in [-0.2, 0) is 15.4 Å². The molecular formula is C24H24ClN3O2S. The van der Waals surface area contributed by atoms with Crippen LogP contribution in [0.3, 0.4) is 0 Å². The van der Waals surface area contributed by atoms with Crippen molar-refractivity contribution >= 4 is 38.3 Å². The number of benzene rings is 3. The van der Waals surface area contributed by atoms with Crippen molar-refractivity contribution in [1.82, 2.24) is 9.55 Å². The average Bonchev–Trinajstić information content (AvgIpc) is 3.04. The van der Waals surface area contributed by atoms with Crippen LogP contribution in [0.5, 0.6) is 0 Å². The van der Waals surface area contributed by atoms with Crippen LogP contribution in [0.25, 0.3) is 16.7 Å². The highest BCUT2D eigenvalue weighted by Gasteiger charge is 2.20. The van der Waals surface area contributed by atoms with Gasteiger partial charge in [0.25, 0.3) is 10.0 Å². The first-order valence-electron chi connectivity index (χ1n) is 9.94. The molecular weight excluding hydrogens is 430 g/mol. The van der Waals surface area contributed by atoms with Gasteiger partial charge < -0.3 is 0 Å². The second kappa shape index (κ2) is 7.70. The summed E-state index contributed by atoms with van der Waals surface area (Å²) in [4.78, 5) is 4.79. The minimum absolute atomic E-state index is 0.0565. The van der Waals surface area contributed by atoms with E-state index in [-0.39, 0.29) is 10.3 Å². The summed E-state index contributed by atoms with van der Waals surface area (Å²) >= 11 is 6.27. The number of aromatic nitrogens is 2. The Balaban J connectivity index is 1.79. The smallest absolute Gasteiger partial charge is 0.261 e. The van der Waals surface area contributed by atoms with E-state index in [0.717, 1.165) is 22.4 Å². The molecule has 5 nitrogen and oxygen atoms in total. The number of nitrogens with one attached hydrogen (secondary N) is 1. The molecule has 4 aromatic rings. The number of anilines is 1. The maximum Gasteiger partial charge on any atom is 0.261 e. The molecule has 0 amide bonds. The Morgan fingerprint density at radius 1 is 0.968 bits per heavy atom. The molecule has 1 N–H and O–H groups in total. The lowest BCUT2D eigenvalue weighted by Gasteiger charge is -2.19. The second-order valence-electron chi connectivity index (χ2n) is 8.52. The molecule has 160 valence electrons. The van der Waals surface area contributed by atoms with Crippen molar-refractivity contribution in [3.8, 4) is 5.69 Å². The Morgan fingerprint density at radius 3 is 2.32 bits per heavy atom. The average molecular weight is 454 g/mol. The minimum Gasteiger partial charge on any atom is -0.294 e. The third kappa shape index (κ3) is 4.18. The number of sulfonamides is 1. The van der Waals surface area contributed by atoms with Crippen molar-refractivity contribution in [1.29, 1.82) is 0 Å². The fraction of sp³-hybridized carbons (Fsp3) is 0.208. The molecule has 7 heteroatoms. The molecule has 0 aliphatic heterocycles. The Morgan fingerprint density at radius 2 is 1.65 bits per heavy atom. The van der Waals surface area contributed by atoms with Gasteiger partial charge in [-0.3, -0.25) is 9.29 Å². The highest BCUT2D eigenvalue weighted by atomic mass is 35.5. The van der Waals surface area contributed by atoms with Gasteiger partial charge in [-0.15, -0.1) is 0 Å². The standard InChI is InChI=1S/C24H24ClN3O2S/c1-16-26-20-7-5-6-8-22(20)28(16)23-15-18(25)11-14-21(23)27-31(29,30)19-12-9-17(10-13-19)24(2,3)4/h5-15,27H,1-4H3. The van der Waals surface area contributed by atoms with Gasteiger partial charge in [0, 0.05) is 5.02 Å². The lowest BCUT2D eigenvalue weighted by Crippen LogP contribution is -2.16. The number of hydrogen-bond acceptors (Lipinski definition) is 3. The molecule has 0 radical (unpaired) electrons. The molecule has 1 heterocycles. The zero-order chi connectivity index (χ0) is 22.4. The van der Waals surface area contributed by atoms with E-state index in [0.29, 0.717) is 16.4 Å². The highest BCUT2D eigenvalue weighted by molar-refractivity contribution is 7.92. The molecule has 3 aromatic carbocycles. The summed E-state index contributed by atoms with van der Waals surface area (Å²) in [6.07, 6.45) is 0. The van der Waals surface area contributed by atoms with Gasteiger partial charge in [-0.1, -0.05) is 56.6 Å². The number of halogens is 1. The summed E-state index contributed by atoms with van der Waals surface area (Å²) in [6, 6.07) is 19.8. The van der Waals surface area contributed by atoms with Gasteiger partial charge in [-0.2, -0.15) is 0 Å². The van der Waals surface area contributed by atoms with Crippen LogP contribution in [0.1, 0.15) is 32.2 Å². The van der Waals surface area contributed by atoms with E-state index in [2.05, 4.69) is 30.5 Å². The molecule has 0 aliphatic rings. The highest BCUT2D eigenvalue weighted by Crippen LogP contribution is 2.31. The summed E-state index contributed by atoms with van der Waals surface area (Å²) in [5.74, 6) is 0.735. The van der Waals surface area contributed by atoms with Crippen molar-refractivity contribution in [3.05, 3.63) is 83.1 Å². The lowest BCUT2D eigenvalue weighted by atomic mass is 9.87. The quantitative estimate of drug-likeness (QED) is 0.407. The topological polar surface area (TPSA) is 64.0 Å². The zero-order valence-electron chi connectivity index (χ0n) is 17.8. The van der Waals surface area contributed by atoms with Crippen molar-refractivity contribution in [2.45, 2.75) is 38.0 Å². The van der Waals surface area contributed by atoms with Crippen molar-refractivity contribution in [2.24, 2.45) is 0 Å². The summed E-state index contributed by atoms with van der Waals surface area (Å²) in [7, 11) is -3.79. The Kier molecular flexibility index (Phi) is 5.31. The summed E-state index contributed by atoms with van der Waals surface area (Å²) in [5.41, 5.74) is 3.76. The molecule has 0 unspecified atom stereocenters. The number of nitrogens with zero attached hydrogens (tertiary/aromatic N) is 2. The largest absolute Gasteiger partial charge is 0.294 e. The summed E-state index contributed by atoms with van der Waals surface area (Å²) < 4.78 is 30.9. The van der Waals surface area contributed by atoms with Crippen LogP contribution >= 0.6 is 11.6 Å². The Hall–Kier alpha value is -2.83. The first-order chi connectivity index (χ1) is 14.6. The molecule has 0 atom stereocenters. The predicted octanol–water partition coefficient (Wildman–Crippen LogP) is 6.09. The van der Waals surface area contributed by atoms with E-state index in [9.17, 15) is 8.42 Å². The molecule has 0 saturated carbocycles. The fourth-order valence-electron chi connectivity index (χ4n) is 3.56. The van der Waals surface area contributed by atoms with Crippen LogP contribution in [-0.4, -0.2) is 18.0 Å². The van der Waals surface area contributed by atoms with Crippen LogP contribution in [0.4, 0.5) is 5.69 Å². The lowest BCUT2D eigenvalue weighted by molar-refractivity contribution is 0.587. The van der Waals surface area contributed by atoms with Crippen LogP contribution < -0.4 is 4.72 Å². The molecule has 1 aromatic heterocycles. The minimum atomic E-state index is -3.79. The Labute approximate surface area is 187 Å². The normalized spacial score (nSPS) is 12.3. The maximum atomic E-state index is 13.1. The van der Waals surface area contributed by atoms with Gasteiger partial charge >= 0.3 is 0 Å². The number of aryl methyl sites for hydroxylation is 1. The zero-order valence-corrected chi connectivity index (χ0v) is 19.4. The first kappa shape index (κ1) is 21.4. The molecule has 0 spiro atoms. The van der Waals surface area contributed by atoms with Gasteiger partial charge in [0.2, 0.25) is 0 Å². The Bertz CT molecular complexity index is 1370. The van der Waals surface area contributed by atoms with Crippen molar-refractivity contribution < 1.29 is 8.42 Å². The van der Waals surface area contributed by atoms with E-state index < -0.39 is 10.0 Å². The van der Waals surface area contributed by atoms with Crippen LogP contribution in [0, 0.1) is 6.92 Å². The number of rotatable bonds is 4. The third-order valence-electron chi connectivity index (χ3n) is 5.20. The molecule has 0 bridgehead atoms. The summed E-state index contributed by atoms with van der Waals surface area (Å²) in [6.45, 7) is 8.15. The third-order valence-corrected chi connectivity index (χ3v) is 6.82. The van der Waals surface area contributed by atoms with E-state index in [4.69, 9.17) is 11.6 Å². The molecule has 0 saturated heterocycles. The summed E-state index contributed by atoms with van der Waals surface area (Å²) in [5, 5.41) is 0.504. The predicted molar refractivity (Wildman–Crippen MR) is 127 cm³/mol. The van der Waals surface area contributed by atoms with E-state index in [1.807, 2.05) is 47.9 Å². The SMILES string of the molecule is Cc1nc2ccccc2n1-c1cc(Cl)ccc1NS(=O)(=O)c1ccc(C(C)(C)C)cc1. The van der Waals surface area contributed by atoms with Crippen molar-refractivity contribution in [2.75, 3.05) is 4.72 Å². The van der Waals surface area contributed by atoms with Crippen LogP contribution in [0.2, 0.25) is 5.02 Å². The molecule has 31 heavy (non-hydrogen) atoms. The number of para-hydroxylation sites is 2. The van der Waals surface area contributed by atoms with E-state index in [1.165, 1.54) is 0 Å². The van der Waals surface area contributed by atoms with Crippen LogP contribution in [0.15, 0.2) is 71.6 Å². The van der Waals surface area contributed by atoms with E-state index in [1.54, 1.807) is 30.3 Å². The van der Waals surface area contributed by atoms with Gasteiger partial charge in [0.1, 0.15) is 5.82 Å².